The smallest absolute Gasteiger partial charge is 0.258 e. The van der Waals surface area contributed by atoms with Gasteiger partial charge < -0.3 is 19.1 Å². The van der Waals surface area contributed by atoms with Crippen molar-refractivity contribution in [3.8, 4) is 34.3 Å². The van der Waals surface area contributed by atoms with Gasteiger partial charge in [0.1, 0.15) is 0 Å². The van der Waals surface area contributed by atoms with Gasteiger partial charge in [0.05, 0.1) is 19.8 Å². The second kappa shape index (κ2) is 7.76. The Morgan fingerprint density at radius 3 is 2.56 bits per heavy atom. The summed E-state index contributed by atoms with van der Waals surface area (Å²) in [6, 6.07) is 7.24. The third-order valence-electron chi connectivity index (χ3n) is 3.45. The van der Waals surface area contributed by atoms with Crippen molar-refractivity contribution in [3.05, 3.63) is 42.2 Å². The van der Waals surface area contributed by atoms with Crippen molar-refractivity contribution in [2.45, 2.75) is 20.5 Å². The van der Waals surface area contributed by atoms with Crippen LogP contribution in [0.25, 0.3) is 22.8 Å². The molecule has 0 atom stereocenters. The second-order valence-corrected chi connectivity index (χ2v) is 5.19. The molecule has 0 aliphatic heterocycles. The van der Waals surface area contributed by atoms with Gasteiger partial charge in [0, 0.05) is 23.5 Å². The SMILES string of the molecule is CCOc1ccc(-c2nc(-c3cncc(CO)c3)no2)cc1OCC. The second-order valence-electron chi connectivity index (χ2n) is 5.19. The van der Waals surface area contributed by atoms with Gasteiger partial charge in [0.2, 0.25) is 5.82 Å². The number of hydrogen-bond donors (Lipinski definition) is 1. The Morgan fingerprint density at radius 2 is 1.80 bits per heavy atom. The van der Waals surface area contributed by atoms with Gasteiger partial charge in [-0.1, -0.05) is 5.16 Å². The van der Waals surface area contributed by atoms with Crippen LogP contribution in [0.15, 0.2) is 41.2 Å². The van der Waals surface area contributed by atoms with Crippen LogP contribution >= 0.6 is 0 Å². The van der Waals surface area contributed by atoms with Crippen molar-refractivity contribution in [1.29, 1.82) is 0 Å². The quantitative estimate of drug-likeness (QED) is 0.706. The zero-order valence-electron chi connectivity index (χ0n) is 14.1. The number of hydrogen-bond acceptors (Lipinski definition) is 7. The zero-order valence-corrected chi connectivity index (χ0v) is 14.1. The first-order valence-corrected chi connectivity index (χ1v) is 8.04. The monoisotopic (exact) mass is 341 g/mol. The highest BCUT2D eigenvalue weighted by Crippen LogP contribution is 2.33. The highest BCUT2D eigenvalue weighted by Gasteiger charge is 2.14. The number of aromatic nitrogens is 3. The van der Waals surface area contributed by atoms with Gasteiger partial charge in [-0.3, -0.25) is 4.98 Å². The number of aliphatic hydroxyl groups excluding tert-OH is 1. The molecule has 25 heavy (non-hydrogen) atoms. The fourth-order valence-corrected chi connectivity index (χ4v) is 2.34. The van der Waals surface area contributed by atoms with Crippen LogP contribution in [0.1, 0.15) is 19.4 Å². The molecule has 0 spiro atoms. The van der Waals surface area contributed by atoms with Gasteiger partial charge in [0.25, 0.3) is 5.89 Å². The van der Waals surface area contributed by atoms with E-state index in [1.807, 2.05) is 32.0 Å². The zero-order chi connectivity index (χ0) is 17.6. The van der Waals surface area contributed by atoms with Crippen LogP contribution in [0.4, 0.5) is 0 Å². The van der Waals surface area contributed by atoms with Crippen molar-refractivity contribution < 1.29 is 19.1 Å². The van der Waals surface area contributed by atoms with Crippen molar-refractivity contribution in [1.82, 2.24) is 15.1 Å². The predicted molar refractivity (Wildman–Crippen MR) is 91.2 cm³/mol. The molecule has 3 rings (SSSR count). The molecule has 0 radical (unpaired) electrons. The Bertz CT molecular complexity index is 848. The highest BCUT2D eigenvalue weighted by molar-refractivity contribution is 5.62. The van der Waals surface area contributed by atoms with Crippen LogP contribution in [0.5, 0.6) is 11.5 Å². The Kier molecular flexibility index (Phi) is 5.25. The number of rotatable bonds is 7. The summed E-state index contributed by atoms with van der Waals surface area (Å²) in [7, 11) is 0. The lowest BCUT2D eigenvalue weighted by atomic mass is 10.2. The fraction of sp³-hybridized carbons (Fsp3) is 0.278. The van der Waals surface area contributed by atoms with Gasteiger partial charge in [-0.25, -0.2) is 0 Å². The third-order valence-corrected chi connectivity index (χ3v) is 3.45. The van der Waals surface area contributed by atoms with Crippen LogP contribution in [0.2, 0.25) is 0 Å². The molecule has 0 unspecified atom stereocenters. The molecule has 130 valence electrons. The summed E-state index contributed by atoms with van der Waals surface area (Å²) in [6.45, 7) is 4.81. The Balaban J connectivity index is 1.92. The van der Waals surface area contributed by atoms with Crippen LogP contribution in [-0.2, 0) is 6.61 Å². The van der Waals surface area contributed by atoms with E-state index < -0.39 is 0 Å². The summed E-state index contributed by atoms with van der Waals surface area (Å²) in [4.78, 5) is 8.47. The highest BCUT2D eigenvalue weighted by atomic mass is 16.5. The number of benzene rings is 1. The maximum atomic E-state index is 9.21. The molecule has 1 aromatic carbocycles. The molecule has 3 aromatic rings. The van der Waals surface area contributed by atoms with E-state index in [0.717, 1.165) is 5.56 Å². The molecule has 0 aliphatic rings. The van der Waals surface area contributed by atoms with Crippen LogP contribution in [0.3, 0.4) is 0 Å². The number of pyridine rings is 1. The van der Waals surface area contributed by atoms with E-state index in [4.69, 9.17) is 14.0 Å². The predicted octanol–water partition coefficient (Wildman–Crippen LogP) is 3.09. The first-order chi connectivity index (χ1) is 12.2. The van der Waals surface area contributed by atoms with Gasteiger partial charge in [-0.2, -0.15) is 4.98 Å². The lowest BCUT2D eigenvalue weighted by molar-refractivity contribution is 0.281. The third kappa shape index (κ3) is 3.77. The molecule has 0 saturated carbocycles. The molecule has 0 bridgehead atoms. The normalized spacial score (nSPS) is 10.7. The summed E-state index contributed by atoms with van der Waals surface area (Å²) < 4.78 is 16.5. The summed E-state index contributed by atoms with van der Waals surface area (Å²) in [5, 5.41) is 13.2. The van der Waals surface area contributed by atoms with Crippen molar-refractivity contribution >= 4 is 0 Å². The van der Waals surface area contributed by atoms with E-state index >= 15 is 0 Å². The van der Waals surface area contributed by atoms with Crippen LogP contribution in [0, 0.1) is 0 Å². The minimum atomic E-state index is -0.0951. The van der Waals surface area contributed by atoms with Gasteiger partial charge >= 0.3 is 0 Å². The molecular weight excluding hydrogens is 322 g/mol. The van der Waals surface area contributed by atoms with E-state index in [1.165, 1.54) is 0 Å². The number of aliphatic hydroxyl groups is 1. The summed E-state index contributed by atoms with van der Waals surface area (Å²) >= 11 is 0. The molecule has 1 N–H and O–H groups in total. The Hall–Kier alpha value is -2.93. The molecular formula is C18H19N3O4. The minimum Gasteiger partial charge on any atom is -0.490 e. The van der Waals surface area contributed by atoms with Gasteiger partial charge in [-0.05, 0) is 43.7 Å². The Morgan fingerprint density at radius 1 is 1.00 bits per heavy atom. The van der Waals surface area contributed by atoms with Gasteiger partial charge in [0.15, 0.2) is 11.5 Å². The fourth-order valence-electron chi connectivity index (χ4n) is 2.34. The van der Waals surface area contributed by atoms with E-state index in [1.54, 1.807) is 18.5 Å². The minimum absolute atomic E-state index is 0.0951. The molecule has 0 saturated heterocycles. The number of nitrogens with zero attached hydrogens (tertiary/aromatic N) is 3. The van der Waals surface area contributed by atoms with E-state index in [9.17, 15) is 5.11 Å². The topological polar surface area (TPSA) is 90.5 Å². The average Bonchev–Trinajstić information content (AvgIpc) is 3.14. The largest absolute Gasteiger partial charge is 0.490 e. The lowest BCUT2D eigenvalue weighted by Crippen LogP contribution is -1.98. The van der Waals surface area contributed by atoms with Crippen molar-refractivity contribution in [2.75, 3.05) is 13.2 Å². The molecule has 0 fully saturated rings. The first-order valence-electron chi connectivity index (χ1n) is 8.04. The van der Waals surface area contributed by atoms with E-state index in [0.29, 0.717) is 47.6 Å². The molecule has 0 aliphatic carbocycles. The number of ether oxygens (including phenoxy) is 2. The maximum Gasteiger partial charge on any atom is 0.258 e. The van der Waals surface area contributed by atoms with Crippen molar-refractivity contribution in [2.24, 2.45) is 0 Å². The molecule has 7 nitrogen and oxygen atoms in total. The molecule has 7 heteroatoms. The van der Waals surface area contributed by atoms with Crippen molar-refractivity contribution in [3.63, 3.8) is 0 Å². The molecule has 0 amide bonds. The lowest BCUT2D eigenvalue weighted by Gasteiger charge is -2.11. The van der Waals surface area contributed by atoms with E-state index in [2.05, 4.69) is 15.1 Å². The Labute approximate surface area is 145 Å². The standard InChI is InChI=1S/C18H19N3O4/c1-3-23-15-6-5-13(8-16(15)24-4-2)18-20-17(21-25-18)14-7-12(11-22)9-19-10-14/h5-10,22H,3-4,11H2,1-2H3. The molecule has 2 heterocycles. The molecule has 2 aromatic heterocycles. The van der Waals surface area contributed by atoms with Gasteiger partial charge in [-0.15, -0.1) is 0 Å². The first kappa shape index (κ1) is 16.9. The summed E-state index contributed by atoms with van der Waals surface area (Å²) in [6.07, 6.45) is 3.21. The van der Waals surface area contributed by atoms with E-state index in [-0.39, 0.29) is 6.61 Å². The summed E-state index contributed by atoms with van der Waals surface area (Å²) in [5.41, 5.74) is 2.10. The van der Waals surface area contributed by atoms with Crippen LogP contribution < -0.4 is 9.47 Å². The van der Waals surface area contributed by atoms with Crippen LogP contribution in [-0.4, -0.2) is 33.4 Å². The average molecular weight is 341 g/mol. The maximum absolute atomic E-state index is 9.21. The summed E-state index contributed by atoms with van der Waals surface area (Å²) in [5.74, 6) is 2.08.